The Bertz CT molecular complexity index is 233. The summed E-state index contributed by atoms with van der Waals surface area (Å²) in [7, 11) is 0. The van der Waals surface area contributed by atoms with Gasteiger partial charge in [-0.2, -0.15) is 0 Å². The highest BCUT2D eigenvalue weighted by Crippen LogP contribution is 2.23. The summed E-state index contributed by atoms with van der Waals surface area (Å²) in [5, 5.41) is -0.524. The van der Waals surface area contributed by atoms with Crippen LogP contribution in [0, 0.1) is 11.6 Å². The maximum atomic E-state index is 12.4. The molecule has 0 atom stereocenters. The predicted octanol–water partition coefficient (Wildman–Crippen LogP) is 3.27. The van der Waals surface area contributed by atoms with Gasteiger partial charge < -0.3 is 0 Å². The molecule has 0 N–H and O–H groups in total. The Hall–Kier alpha value is -0.340. The summed E-state index contributed by atoms with van der Waals surface area (Å²) in [6.07, 6.45) is 0. The first-order chi connectivity index (χ1) is 4.63. The highest BCUT2D eigenvalue weighted by atomic mass is 35.5. The number of hydrogen-bond acceptors (Lipinski definition) is 0. The lowest BCUT2D eigenvalue weighted by molar-refractivity contribution is 0.509. The number of rotatable bonds is 0. The first-order valence-electron chi connectivity index (χ1n) is 2.42. The largest absolute Gasteiger partial charge is 0.202 e. The SMILES string of the molecule is Fc1c(Cl)ccc(Cl)c1F. The highest BCUT2D eigenvalue weighted by Gasteiger charge is 2.09. The quantitative estimate of drug-likeness (QED) is 0.427. The van der Waals surface area contributed by atoms with Crippen molar-refractivity contribution in [2.45, 2.75) is 0 Å². The zero-order valence-electron chi connectivity index (χ0n) is 4.67. The van der Waals surface area contributed by atoms with Crippen molar-refractivity contribution < 1.29 is 8.78 Å². The van der Waals surface area contributed by atoms with Gasteiger partial charge in [0, 0.05) is 0 Å². The molecule has 54 valence electrons. The molecule has 1 aromatic carbocycles. The number of benzene rings is 1. The second-order valence-electron chi connectivity index (χ2n) is 1.66. The summed E-state index contributed by atoms with van der Waals surface area (Å²) in [6.45, 7) is 0. The van der Waals surface area contributed by atoms with E-state index in [1.807, 2.05) is 0 Å². The van der Waals surface area contributed by atoms with Crippen molar-refractivity contribution in [2.75, 3.05) is 0 Å². The Kier molecular flexibility index (Phi) is 2.11. The number of hydrogen-bond donors (Lipinski definition) is 0. The molecule has 0 aliphatic carbocycles. The minimum absolute atomic E-state index is 0.262. The fraction of sp³-hybridized carbons (Fsp3) is 0. The van der Waals surface area contributed by atoms with Gasteiger partial charge >= 0.3 is 0 Å². The Morgan fingerprint density at radius 2 is 1.20 bits per heavy atom. The monoisotopic (exact) mass is 182 g/mol. The number of halogens is 4. The summed E-state index contributed by atoms with van der Waals surface area (Å²) in [5.41, 5.74) is 0. The minimum atomic E-state index is -1.10. The Morgan fingerprint density at radius 1 is 0.900 bits per heavy atom. The van der Waals surface area contributed by atoms with Crippen molar-refractivity contribution in [1.82, 2.24) is 0 Å². The second-order valence-corrected chi connectivity index (χ2v) is 2.47. The van der Waals surface area contributed by atoms with E-state index < -0.39 is 11.6 Å². The third-order valence-corrected chi connectivity index (χ3v) is 1.57. The summed E-state index contributed by atoms with van der Waals surface area (Å²) < 4.78 is 24.8. The lowest BCUT2D eigenvalue weighted by atomic mass is 10.3. The Balaban J connectivity index is 3.34. The normalized spacial score (nSPS) is 10.0. The topological polar surface area (TPSA) is 0 Å². The van der Waals surface area contributed by atoms with Gasteiger partial charge in [0.05, 0.1) is 10.0 Å². The average molecular weight is 183 g/mol. The van der Waals surface area contributed by atoms with Gasteiger partial charge in [0.25, 0.3) is 0 Å². The van der Waals surface area contributed by atoms with Crippen molar-refractivity contribution >= 4 is 23.2 Å². The third-order valence-electron chi connectivity index (χ3n) is 0.988. The van der Waals surface area contributed by atoms with E-state index in [-0.39, 0.29) is 10.0 Å². The van der Waals surface area contributed by atoms with Gasteiger partial charge in [-0.05, 0) is 12.1 Å². The fourth-order valence-corrected chi connectivity index (χ4v) is 0.794. The Labute approximate surface area is 66.4 Å². The molecule has 0 radical (unpaired) electrons. The van der Waals surface area contributed by atoms with Crippen molar-refractivity contribution in [3.05, 3.63) is 33.8 Å². The minimum Gasteiger partial charge on any atom is -0.202 e. The van der Waals surface area contributed by atoms with Crippen molar-refractivity contribution in [1.29, 1.82) is 0 Å². The van der Waals surface area contributed by atoms with Crippen LogP contribution in [0.15, 0.2) is 12.1 Å². The van der Waals surface area contributed by atoms with Gasteiger partial charge in [0.1, 0.15) is 0 Å². The molecule has 0 aliphatic rings. The first-order valence-corrected chi connectivity index (χ1v) is 3.17. The summed E-state index contributed by atoms with van der Waals surface area (Å²) >= 11 is 10.4. The van der Waals surface area contributed by atoms with E-state index in [0.29, 0.717) is 0 Å². The molecule has 0 nitrogen and oxygen atoms in total. The first kappa shape index (κ1) is 7.76. The van der Waals surface area contributed by atoms with Crippen LogP contribution in [0.4, 0.5) is 8.78 Å². The maximum Gasteiger partial charge on any atom is 0.178 e. The molecule has 0 aromatic heterocycles. The molecule has 0 spiro atoms. The standard InChI is InChI=1S/C6H2Cl2F2/c7-3-1-2-4(8)6(10)5(3)9/h1-2H. The Morgan fingerprint density at radius 3 is 1.50 bits per heavy atom. The molecule has 0 saturated carbocycles. The van der Waals surface area contributed by atoms with Gasteiger partial charge in [0.2, 0.25) is 0 Å². The molecule has 1 rings (SSSR count). The molecule has 0 bridgehead atoms. The molecular formula is C6H2Cl2F2. The molecule has 1 aromatic rings. The average Bonchev–Trinajstić information content (AvgIpc) is 1.93. The molecule has 0 amide bonds. The zero-order valence-corrected chi connectivity index (χ0v) is 6.18. The molecule has 10 heavy (non-hydrogen) atoms. The summed E-state index contributed by atoms with van der Waals surface area (Å²) in [6, 6.07) is 2.39. The molecule has 0 heterocycles. The van der Waals surface area contributed by atoms with Crippen LogP contribution in [0.2, 0.25) is 10.0 Å². The van der Waals surface area contributed by atoms with E-state index in [4.69, 9.17) is 23.2 Å². The third kappa shape index (κ3) is 1.22. The van der Waals surface area contributed by atoms with Gasteiger partial charge in [-0.25, -0.2) is 8.78 Å². The van der Waals surface area contributed by atoms with Gasteiger partial charge in [-0.15, -0.1) is 0 Å². The molecule has 0 aliphatic heterocycles. The van der Waals surface area contributed by atoms with E-state index in [1.54, 1.807) is 0 Å². The zero-order chi connectivity index (χ0) is 7.72. The molecule has 4 heteroatoms. The second kappa shape index (κ2) is 2.72. The molecule has 0 fully saturated rings. The fourth-order valence-electron chi connectivity index (χ4n) is 0.502. The summed E-state index contributed by atoms with van der Waals surface area (Å²) in [4.78, 5) is 0. The van der Waals surface area contributed by atoms with E-state index >= 15 is 0 Å². The molecular weight excluding hydrogens is 181 g/mol. The van der Waals surface area contributed by atoms with Crippen molar-refractivity contribution in [3.63, 3.8) is 0 Å². The molecule has 0 unspecified atom stereocenters. The smallest absolute Gasteiger partial charge is 0.178 e. The van der Waals surface area contributed by atoms with Crippen LogP contribution in [0.3, 0.4) is 0 Å². The predicted molar refractivity (Wildman–Crippen MR) is 36.4 cm³/mol. The van der Waals surface area contributed by atoms with Crippen molar-refractivity contribution in [3.8, 4) is 0 Å². The van der Waals surface area contributed by atoms with Crippen LogP contribution in [0.1, 0.15) is 0 Å². The lowest BCUT2D eigenvalue weighted by Gasteiger charge is -1.95. The van der Waals surface area contributed by atoms with Crippen LogP contribution >= 0.6 is 23.2 Å². The van der Waals surface area contributed by atoms with Gasteiger partial charge in [-0.1, -0.05) is 23.2 Å². The van der Waals surface area contributed by atoms with Crippen LogP contribution in [-0.4, -0.2) is 0 Å². The van der Waals surface area contributed by atoms with Crippen molar-refractivity contribution in [2.24, 2.45) is 0 Å². The van der Waals surface area contributed by atoms with E-state index in [9.17, 15) is 8.78 Å². The van der Waals surface area contributed by atoms with Crippen LogP contribution < -0.4 is 0 Å². The van der Waals surface area contributed by atoms with Gasteiger partial charge in [0.15, 0.2) is 11.6 Å². The van der Waals surface area contributed by atoms with Crippen LogP contribution in [-0.2, 0) is 0 Å². The maximum absolute atomic E-state index is 12.4. The lowest BCUT2D eigenvalue weighted by Crippen LogP contribution is -1.84. The molecule has 0 saturated heterocycles. The van der Waals surface area contributed by atoms with Gasteiger partial charge in [-0.3, -0.25) is 0 Å². The van der Waals surface area contributed by atoms with Crippen LogP contribution in [0.5, 0.6) is 0 Å². The van der Waals surface area contributed by atoms with Crippen LogP contribution in [0.25, 0.3) is 0 Å². The van der Waals surface area contributed by atoms with E-state index in [2.05, 4.69) is 0 Å². The summed E-state index contributed by atoms with van der Waals surface area (Å²) in [5.74, 6) is -2.21. The van der Waals surface area contributed by atoms with E-state index in [0.717, 1.165) is 0 Å². The highest BCUT2D eigenvalue weighted by molar-refractivity contribution is 6.33. The van der Waals surface area contributed by atoms with E-state index in [1.165, 1.54) is 12.1 Å².